The van der Waals surface area contributed by atoms with E-state index in [0.717, 1.165) is 54.3 Å². The van der Waals surface area contributed by atoms with Crippen molar-refractivity contribution in [1.82, 2.24) is 15.0 Å². The van der Waals surface area contributed by atoms with Gasteiger partial charge in [-0.15, -0.1) is 0 Å². The molecule has 0 bridgehead atoms. The van der Waals surface area contributed by atoms with Crippen molar-refractivity contribution in [3.63, 3.8) is 0 Å². The molecule has 0 N–H and O–H groups in total. The summed E-state index contributed by atoms with van der Waals surface area (Å²) in [6, 6.07) is 11.9. The summed E-state index contributed by atoms with van der Waals surface area (Å²) >= 11 is 6.16. The average Bonchev–Trinajstić information content (AvgIpc) is 3.15. The topological polar surface area (TPSA) is 45.2 Å². The largest absolute Gasteiger partial charge is 0.362 e. The quantitative estimate of drug-likeness (QED) is 0.662. The molecule has 1 aromatic carbocycles. The Balaban J connectivity index is 1.47. The molecule has 140 valence electrons. The Kier molecular flexibility index (Phi) is 5.12. The van der Waals surface area contributed by atoms with Gasteiger partial charge >= 0.3 is 0 Å². The van der Waals surface area contributed by atoms with Crippen LogP contribution < -0.4 is 9.80 Å². The molecule has 1 fully saturated rings. The van der Waals surface area contributed by atoms with Crippen LogP contribution in [-0.4, -0.2) is 42.1 Å². The molecule has 6 heteroatoms. The fraction of sp³-hybridized carbons (Fsp3) is 0.381. The molecule has 4 rings (SSSR count). The summed E-state index contributed by atoms with van der Waals surface area (Å²) in [6.45, 7) is 2.13. The summed E-state index contributed by atoms with van der Waals surface area (Å²) in [4.78, 5) is 18.5. The van der Waals surface area contributed by atoms with Gasteiger partial charge in [0.15, 0.2) is 0 Å². The third kappa shape index (κ3) is 3.98. The molecule has 1 saturated heterocycles. The smallest absolute Gasteiger partial charge is 0.139 e. The van der Waals surface area contributed by atoms with Gasteiger partial charge in [0.25, 0.3) is 0 Å². The lowest BCUT2D eigenvalue weighted by Crippen LogP contribution is -2.20. The van der Waals surface area contributed by atoms with Crippen LogP contribution in [-0.2, 0) is 6.42 Å². The van der Waals surface area contributed by atoms with Gasteiger partial charge in [-0.1, -0.05) is 17.7 Å². The fourth-order valence-corrected chi connectivity index (χ4v) is 3.91. The van der Waals surface area contributed by atoms with Crippen LogP contribution in [0.5, 0.6) is 0 Å². The SMILES string of the molecule is CN(C)c1nc(CC[C@H]2CCN(c3ccccn3)C2)nc2ccc(Cl)cc12. The third-order valence-electron chi connectivity index (χ3n) is 5.14. The van der Waals surface area contributed by atoms with Crippen molar-refractivity contribution < 1.29 is 0 Å². The maximum Gasteiger partial charge on any atom is 0.139 e. The normalized spacial score (nSPS) is 16.9. The minimum Gasteiger partial charge on any atom is -0.362 e. The molecule has 3 heterocycles. The van der Waals surface area contributed by atoms with Crippen molar-refractivity contribution in [2.24, 2.45) is 5.92 Å². The number of hydrogen-bond donors (Lipinski definition) is 0. The number of aryl methyl sites for hydroxylation is 1. The first-order valence-corrected chi connectivity index (χ1v) is 9.77. The number of anilines is 2. The molecule has 0 unspecified atom stereocenters. The Labute approximate surface area is 165 Å². The van der Waals surface area contributed by atoms with Gasteiger partial charge in [0.1, 0.15) is 17.5 Å². The second kappa shape index (κ2) is 7.69. The first-order valence-electron chi connectivity index (χ1n) is 9.39. The van der Waals surface area contributed by atoms with Gasteiger partial charge in [0.05, 0.1) is 5.52 Å². The summed E-state index contributed by atoms with van der Waals surface area (Å²) in [6.07, 6.45) is 5.04. The van der Waals surface area contributed by atoms with Gasteiger partial charge in [-0.2, -0.15) is 0 Å². The van der Waals surface area contributed by atoms with Gasteiger partial charge in [-0.05, 0) is 49.1 Å². The molecule has 1 aliphatic heterocycles. The van der Waals surface area contributed by atoms with E-state index in [9.17, 15) is 0 Å². The van der Waals surface area contributed by atoms with E-state index in [2.05, 4.69) is 16.0 Å². The zero-order valence-corrected chi connectivity index (χ0v) is 16.5. The Morgan fingerprint density at radius 1 is 1.19 bits per heavy atom. The Bertz CT molecular complexity index is 929. The highest BCUT2D eigenvalue weighted by molar-refractivity contribution is 6.31. The third-order valence-corrected chi connectivity index (χ3v) is 5.38. The van der Waals surface area contributed by atoms with E-state index in [1.807, 2.05) is 55.5 Å². The van der Waals surface area contributed by atoms with Crippen molar-refractivity contribution in [2.75, 3.05) is 37.0 Å². The molecule has 2 aromatic heterocycles. The van der Waals surface area contributed by atoms with Crippen LogP contribution in [0.4, 0.5) is 11.6 Å². The number of benzene rings is 1. The predicted octanol–water partition coefficient (Wildman–Crippen LogP) is 4.20. The zero-order valence-electron chi connectivity index (χ0n) is 15.8. The summed E-state index contributed by atoms with van der Waals surface area (Å²) in [5.74, 6) is 3.57. The summed E-state index contributed by atoms with van der Waals surface area (Å²) in [7, 11) is 4.02. The number of hydrogen-bond acceptors (Lipinski definition) is 5. The molecule has 0 amide bonds. The van der Waals surface area contributed by atoms with Crippen LogP contribution in [0.1, 0.15) is 18.7 Å². The van der Waals surface area contributed by atoms with Crippen molar-refractivity contribution in [2.45, 2.75) is 19.3 Å². The maximum atomic E-state index is 6.16. The Morgan fingerprint density at radius 2 is 2.07 bits per heavy atom. The molecule has 0 aliphatic carbocycles. The van der Waals surface area contributed by atoms with Crippen LogP contribution in [0.15, 0.2) is 42.6 Å². The van der Waals surface area contributed by atoms with E-state index >= 15 is 0 Å². The zero-order chi connectivity index (χ0) is 18.8. The van der Waals surface area contributed by atoms with Gasteiger partial charge in [0, 0.05) is 50.2 Å². The fourth-order valence-electron chi connectivity index (χ4n) is 3.73. The molecule has 0 spiro atoms. The lowest BCUT2D eigenvalue weighted by Gasteiger charge is -2.18. The lowest BCUT2D eigenvalue weighted by molar-refractivity contribution is 0.530. The Hall–Kier alpha value is -2.40. The lowest BCUT2D eigenvalue weighted by atomic mass is 10.0. The van der Waals surface area contributed by atoms with Crippen molar-refractivity contribution in [3.8, 4) is 0 Å². The monoisotopic (exact) mass is 381 g/mol. The van der Waals surface area contributed by atoms with E-state index in [4.69, 9.17) is 21.6 Å². The average molecular weight is 382 g/mol. The van der Waals surface area contributed by atoms with Gasteiger partial charge in [0.2, 0.25) is 0 Å². The summed E-state index contributed by atoms with van der Waals surface area (Å²) in [5.41, 5.74) is 0.953. The van der Waals surface area contributed by atoms with Crippen LogP contribution in [0.2, 0.25) is 5.02 Å². The van der Waals surface area contributed by atoms with Crippen LogP contribution in [0, 0.1) is 5.92 Å². The minimum atomic E-state index is 0.652. The van der Waals surface area contributed by atoms with E-state index in [-0.39, 0.29) is 0 Å². The highest BCUT2D eigenvalue weighted by Crippen LogP contribution is 2.28. The predicted molar refractivity (Wildman–Crippen MR) is 112 cm³/mol. The highest BCUT2D eigenvalue weighted by atomic mass is 35.5. The summed E-state index contributed by atoms with van der Waals surface area (Å²) < 4.78 is 0. The molecular weight excluding hydrogens is 358 g/mol. The van der Waals surface area contributed by atoms with Crippen molar-refractivity contribution >= 4 is 34.1 Å². The van der Waals surface area contributed by atoms with Crippen LogP contribution >= 0.6 is 11.6 Å². The minimum absolute atomic E-state index is 0.652. The number of aromatic nitrogens is 3. The number of pyridine rings is 1. The molecule has 1 atom stereocenters. The Morgan fingerprint density at radius 3 is 2.85 bits per heavy atom. The van der Waals surface area contributed by atoms with Crippen LogP contribution in [0.3, 0.4) is 0 Å². The molecule has 0 saturated carbocycles. The van der Waals surface area contributed by atoms with Gasteiger partial charge in [-0.3, -0.25) is 0 Å². The van der Waals surface area contributed by atoms with Crippen molar-refractivity contribution in [1.29, 1.82) is 0 Å². The van der Waals surface area contributed by atoms with E-state index in [1.54, 1.807) is 0 Å². The van der Waals surface area contributed by atoms with Crippen LogP contribution in [0.25, 0.3) is 10.9 Å². The standard InChI is InChI=1S/C21H24ClN5/c1-26(2)21-17-13-16(22)7-8-18(17)24-19(25-21)9-6-15-10-12-27(14-15)20-5-3-4-11-23-20/h3-5,7-8,11,13,15H,6,9-10,12,14H2,1-2H3/t15-/m0/s1. The van der Waals surface area contributed by atoms with E-state index in [0.29, 0.717) is 10.9 Å². The highest BCUT2D eigenvalue weighted by Gasteiger charge is 2.23. The summed E-state index contributed by atoms with van der Waals surface area (Å²) in [5, 5.41) is 1.71. The first-order chi connectivity index (χ1) is 13.1. The molecule has 1 aliphatic rings. The number of fused-ring (bicyclic) bond motifs is 1. The first kappa shape index (κ1) is 18.0. The second-order valence-corrected chi connectivity index (χ2v) is 7.78. The number of halogens is 1. The number of nitrogens with zero attached hydrogens (tertiary/aromatic N) is 5. The molecular formula is C21H24ClN5. The van der Waals surface area contributed by atoms with E-state index < -0.39 is 0 Å². The molecule has 3 aromatic rings. The van der Waals surface area contributed by atoms with Gasteiger partial charge < -0.3 is 9.80 Å². The second-order valence-electron chi connectivity index (χ2n) is 7.35. The van der Waals surface area contributed by atoms with Gasteiger partial charge in [-0.25, -0.2) is 15.0 Å². The van der Waals surface area contributed by atoms with E-state index in [1.165, 1.54) is 6.42 Å². The molecule has 27 heavy (non-hydrogen) atoms. The number of rotatable bonds is 5. The molecule has 5 nitrogen and oxygen atoms in total. The molecule has 0 radical (unpaired) electrons. The van der Waals surface area contributed by atoms with Crippen molar-refractivity contribution in [3.05, 3.63) is 53.4 Å². The maximum absolute atomic E-state index is 6.16.